The molecule has 0 unspecified atom stereocenters. The molecular weight excluding hydrogens is 452 g/mol. The molecule has 0 aliphatic carbocycles. The number of rotatable bonds is 9. The predicted octanol–water partition coefficient (Wildman–Crippen LogP) is 4.40. The third-order valence-corrected chi connectivity index (χ3v) is 7.17. The second-order valence-electron chi connectivity index (χ2n) is 8.08. The van der Waals surface area contributed by atoms with Gasteiger partial charge in [0.05, 0.1) is 19.1 Å². The van der Waals surface area contributed by atoms with Crippen LogP contribution in [0.4, 0.5) is 5.69 Å². The van der Waals surface area contributed by atoms with Crippen LogP contribution in [-0.4, -0.2) is 35.1 Å². The number of carbonyl (C=O) groups is 1. The molecule has 0 saturated heterocycles. The summed E-state index contributed by atoms with van der Waals surface area (Å²) >= 11 is 0. The van der Waals surface area contributed by atoms with Crippen molar-refractivity contribution in [1.82, 2.24) is 5.32 Å². The van der Waals surface area contributed by atoms with E-state index in [9.17, 15) is 13.2 Å². The van der Waals surface area contributed by atoms with Crippen molar-refractivity contribution in [2.45, 2.75) is 32.1 Å². The zero-order valence-electron chi connectivity index (χ0n) is 20.1. The van der Waals surface area contributed by atoms with Gasteiger partial charge in [-0.25, -0.2) is 8.42 Å². The van der Waals surface area contributed by atoms with E-state index in [2.05, 4.69) is 10.0 Å². The Balaban J connectivity index is 1.71. The number of nitrogens with one attached hydrogen (secondary N) is 2. The highest BCUT2D eigenvalue weighted by Crippen LogP contribution is 2.27. The molecule has 0 heterocycles. The molecule has 0 aromatic heterocycles. The fourth-order valence-corrected chi connectivity index (χ4v) is 4.83. The van der Waals surface area contributed by atoms with Gasteiger partial charge in [-0.3, -0.25) is 9.52 Å². The topological polar surface area (TPSA) is 93.7 Å². The number of anilines is 1. The lowest BCUT2D eigenvalue weighted by Crippen LogP contribution is -2.26. The first-order valence-electron chi connectivity index (χ1n) is 10.8. The van der Waals surface area contributed by atoms with Crippen molar-refractivity contribution >= 4 is 21.6 Å². The van der Waals surface area contributed by atoms with Crippen LogP contribution in [0.3, 0.4) is 0 Å². The van der Waals surface area contributed by atoms with Gasteiger partial charge in [0.25, 0.3) is 15.9 Å². The van der Waals surface area contributed by atoms with Crippen LogP contribution in [0.25, 0.3) is 0 Å². The van der Waals surface area contributed by atoms with Crippen LogP contribution in [0.15, 0.2) is 59.5 Å². The number of hydrogen-bond donors (Lipinski definition) is 2. The van der Waals surface area contributed by atoms with E-state index in [4.69, 9.17) is 9.47 Å². The first-order chi connectivity index (χ1) is 16.1. The minimum Gasteiger partial charge on any atom is -0.493 e. The third-order valence-electron chi connectivity index (χ3n) is 5.65. The standard InChI is InChI=1S/C26H30N2O5S/c1-17-7-10-22(14-19(17)3)28-34(30,31)25-16-21(9-6-18(25)2)26(29)27-13-12-20-8-11-23(32-4)24(15-20)33-5/h6-11,14-16,28H,12-13H2,1-5H3,(H,27,29). The maximum Gasteiger partial charge on any atom is 0.262 e. The van der Waals surface area contributed by atoms with Crippen LogP contribution in [0.5, 0.6) is 11.5 Å². The summed E-state index contributed by atoms with van der Waals surface area (Å²) in [5.41, 5.74) is 4.34. The molecular formula is C26H30N2O5S. The fraction of sp³-hybridized carbons (Fsp3) is 0.269. The zero-order valence-corrected chi connectivity index (χ0v) is 20.9. The molecule has 2 N–H and O–H groups in total. The quantitative estimate of drug-likeness (QED) is 0.471. The first-order valence-corrected chi connectivity index (χ1v) is 12.3. The minimum absolute atomic E-state index is 0.0678. The molecule has 3 aromatic carbocycles. The fourth-order valence-electron chi connectivity index (χ4n) is 3.50. The summed E-state index contributed by atoms with van der Waals surface area (Å²) in [6.07, 6.45) is 0.581. The van der Waals surface area contributed by atoms with E-state index >= 15 is 0 Å². The lowest BCUT2D eigenvalue weighted by Gasteiger charge is -2.13. The molecule has 0 aliphatic rings. The smallest absolute Gasteiger partial charge is 0.262 e. The van der Waals surface area contributed by atoms with Gasteiger partial charge in [0.15, 0.2) is 11.5 Å². The van der Waals surface area contributed by atoms with Crippen molar-refractivity contribution < 1.29 is 22.7 Å². The second kappa shape index (κ2) is 10.6. The van der Waals surface area contributed by atoms with Gasteiger partial charge in [-0.05, 0) is 85.8 Å². The molecule has 3 rings (SSSR count). The molecule has 3 aromatic rings. The minimum atomic E-state index is -3.86. The second-order valence-corrected chi connectivity index (χ2v) is 9.73. The number of sulfonamides is 1. The summed E-state index contributed by atoms with van der Waals surface area (Å²) in [5, 5.41) is 2.85. The van der Waals surface area contributed by atoms with Gasteiger partial charge in [-0.1, -0.05) is 18.2 Å². The number of benzene rings is 3. The van der Waals surface area contributed by atoms with Gasteiger partial charge in [0, 0.05) is 17.8 Å². The van der Waals surface area contributed by atoms with Crippen molar-refractivity contribution in [2.75, 3.05) is 25.5 Å². The average molecular weight is 483 g/mol. The number of ether oxygens (including phenoxy) is 2. The van der Waals surface area contributed by atoms with Crippen LogP contribution in [0.1, 0.15) is 32.6 Å². The number of carbonyl (C=O) groups excluding carboxylic acids is 1. The summed E-state index contributed by atoms with van der Waals surface area (Å²) in [4.78, 5) is 12.8. The summed E-state index contributed by atoms with van der Waals surface area (Å²) in [5.74, 6) is 0.914. The van der Waals surface area contributed by atoms with E-state index in [1.807, 2.05) is 38.1 Å². The molecule has 0 bridgehead atoms. The van der Waals surface area contributed by atoms with Crippen molar-refractivity contribution in [3.63, 3.8) is 0 Å². The molecule has 0 saturated carbocycles. The van der Waals surface area contributed by atoms with Gasteiger partial charge in [-0.2, -0.15) is 0 Å². The average Bonchev–Trinajstić information content (AvgIpc) is 2.81. The Morgan fingerprint density at radius 3 is 2.21 bits per heavy atom. The summed E-state index contributed by atoms with van der Waals surface area (Å²) in [7, 11) is -0.718. The van der Waals surface area contributed by atoms with E-state index in [-0.39, 0.29) is 16.4 Å². The molecule has 34 heavy (non-hydrogen) atoms. The Labute approximate surface area is 201 Å². The van der Waals surface area contributed by atoms with Crippen LogP contribution < -0.4 is 19.5 Å². The Bertz CT molecular complexity index is 1300. The van der Waals surface area contributed by atoms with Crippen LogP contribution >= 0.6 is 0 Å². The van der Waals surface area contributed by atoms with Crippen molar-refractivity contribution in [1.29, 1.82) is 0 Å². The molecule has 8 heteroatoms. The van der Waals surface area contributed by atoms with E-state index in [0.29, 0.717) is 35.7 Å². The van der Waals surface area contributed by atoms with Crippen molar-refractivity contribution in [3.05, 3.63) is 82.4 Å². The highest BCUT2D eigenvalue weighted by atomic mass is 32.2. The molecule has 0 radical (unpaired) electrons. The van der Waals surface area contributed by atoms with E-state index < -0.39 is 10.0 Å². The lowest BCUT2D eigenvalue weighted by molar-refractivity contribution is 0.0954. The van der Waals surface area contributed by atoms with Crippen LogP contribution in [0, 0.1) is 20.8 Å². The Hall–Kier alpha value is -3.52. The number of hydrogen-bond acceptors (Lipinski definition) is 5. The molecule has 0 atom stereocenters. The summed E-state index contributed by atoms with van der Waals surface area (Å²) < 4.78 is 39.2. The summed E-state index contributed by atoms with van der Waals surface area (Å²) in [6.45, 7) is 5.97. The monoisotopic (exact) mass is 482 g/mol. The zero-order chi connectivity index (χ0) is 24.9. The van der Waals surface area contributed by atoms with E-state index in [1.165, 1.54) is 6.07 Å². The third kappa shape index (κ3) is 5.88. The van der Waals surface area contributed by atoms with E-state index in [1.54, 1.807) is 45.4 Å². The van der Waals surface area contributed by atoms with Crippen molar-refractivity contribution in [3.8, 4) is 11.5 Å². The molecule has 0 aliphatic heterocycles. The van der Waals surface area contributed by atoms with Gasteiger partial charge in [0.2, 0.25) is 0 Å². The highest BCUT2D eigenvalue weighted by Gasteiger charge is 2.19. The predicted molar refractivity (Wildman–Crippen MR) is 133 cm³/mol. The summed E-state index contributed by atoms with van der Waals surface area (Å²) in [6, 6.07) is 15.6. The SMILES string of the molecule is COc1ccc(CCNC(=O)c2ccc(C)c(S(=O)(=O)Nc3ccc(C)c(C)c3)c2)cc1OC. The normalized spacial score (nSPS) is 11.1. The van der Waals surface area contributed by atoms with Crippen LogP contribution in [-0.2, 0) is 16.4 Å². The van der Waals surface area contributed by atoms with Gasteiger partial charge in [-0.15, -0.1) is 0 Å². The van der Waals surface area contributed by atoms with Gasteiger partial charge in [0.1, 0.15) is 0 Å². The Morgan fingerprint density at radius 1 is 0.824 bits per heavy atom. The molecule has 180 valence electrons. The Kier molecular flexibility index (Phi) is 7.83. The largest absolute Gasteiger partial charge is 0.493 e. The molecule has 0 spiro atoms. The number of aryl methyl sites for hydroxylation is 3. The maximum atomic E-state index is 13.0. The lowest BCUT2D eigenvalue weighted by atomic mass is 10.1. The van der Waals surface area contributed by atoms with Crippen molar-refractivity contribution in [2.24, 2.45) is 0 Å². The molecule has 7 nitrogen and oxygen atoms in total. The van der Waals surface area contributed by atoms with Crippen LogP contribution in [0.2, 0.25) is 0 Å². The molecule has 1 amide bonds. The first kappa shape index (κ1) is 25.1. The Morgan fingerprint density at radius 2 is 1.53 bits per heavy atom. The van der Waals surface area contributed by atoms with E-state index in [0.717, 1.165) is 16.7 Å². The van der Waals surface area contributed by atoms with Gasteiger partial charge < -0.3 is 14.8 Å². The number of amides is 1. The van der Waals surface area contributed by atoms with Gasteiger partial charge >= 0.3 is 0 Å². The maximum absolute atomic E-state index is 13.0. The molecule has 0 fully saturated rings. The number of methoxy groups -OCH3 is 2. The highest BCUT2D eigenvalue weighted by molar-refractivity contribution is 7.92.